The van der Waals surface area contributed by atoms with E-state index in [0.29, 0.717) is 0 Å². The molecule has 7 heteroatoms. The summed E-state index contributed by atoms with van der Waals surface area (Å²) in [4.78, 5) is 22.3. The number of rotatable bonds is 2. The molecule has 2 fully saturated rings. The number of nitrogens with one attached hydrogen (secondary N) is 1. The minimum atomic E-state index is -0.477. The highest BCUT2D eigenvalue weighted by molar-refractivity contribution is 9.10. The number of nitrogens with zero attached hydrogens (tertiary/aromatic N) is 2. The topological polar surface area (TPSA) is 58.2 Å². The molecular weight excluding hydrogens is 414 g/mol. The van der Waals surface area contributed by atoms with E-state index in [2.05, 4.69) is 38.0 Å². The lowest BCUT2D eigenvalue weighted by molar-refractivity contribution is 0.0221. The first-order valence-electron chi connectivity index (χ1n) is 8.78. The lowest BCUT2D eigenvalue weighted by Crippen LogP contribution is -2.41. The summed E-state index contributed by atoms with van der Waals surface area (Å²) >= 11 is 5.26. The summed E-state index contributed by atoms with van der Waals surface area (Å²) in [7, 11) is 0. The fourth-order valence-electron chi connectivity index (χ4n) is 3.46. The molecule has 4 rings (SSSR count). The molecular formula is C19H22BrN3O2S. The van der Waals surface area contributed by atoms with Gasteiger partial charge in [-0.3, -0.25) is 4.90 Å². The summed E-state index contributed by atoms with van der Waals surface area (Å²) in [5.74, 6) is 0.934. The van der Waals surface area contributed by atoms with Gasteiger partial charge in [0, 0.05) is 11.0 Å². The molecule has 1 spiro atoms. The largest absolute Gasteiger partial charge is 0.444 e. The SMILES string of the molecule is CC(C)(C)OC(=O)N1CCC[C@]12SC2c1ncc(-c2ccc(Br)cc2)[nH]1. The van der Waals surface area contributed by atoms with Gasteiger partial charge in [0.05, 0.1) is 17.1 Å². The molecule has 1 aromatic heterocycles. The van der Waals surface area contributed by atoms with Crippen molar-refractivity contribution in [1.82, 2.24) is 14.9 Å². The van der Waals surface area contributed by atoms with Crippen molar-refractivity contribution in [3.63, 3.8) is 0 Å². The van der Waals surface area contributed by atoms with Crippen LogP contribution >= 0.6 is 27.7 Å². The Morgan fingerprint density at radius 1 is 1.38 bits per heavy atom. The van der Waals surface area contributed by atoms with Crippen LogP contribution in [0.15, 0.2) is 34.9 Å². The Bertz CT molecular complexity index is 830. The van der Waals surface area contributed by atoms with Crippen molar-refractivity contribution in [2.45, 2.75) is 49.3 Å². The van der Waals surface area contributed by atoms with Gasteiger partial charge in [-0.1, -0.05) is 28.1 Å². The summed E-state index contributed by atoms with van der Waals surface area (Å²) in [6.45, 7) is 6.46. The Morgan fingerprint density at radius 2 is 2.12 bits per heavy atom. The van der Waals surface area contributed by atoms with Crippen LogP contribution in [0.1, 0.15) is 44.7 Å². The Hall–Kier alpha value is -1.47. The monoisotopic (exact) mass is 435 g/mol. The molecule has 1 unspecified atom stereocenters. The number of carbonyl (C=O) groups excluding carboxylic acids is 1. The van der Waals surface area contributed by atoms with E-state index >= 15 is 0 Å². The van der Waals surface area contributed by atoms with E-state index in [0.717, 1.165) is 40.9 Å². The van der Waals surface area contributed by atoms with Crippen molar-refractivity contribution < 1.29 is 9.53 Å². The third-order valence-corrected chi connectivity index (χ3v) is 6.85. The van der Waals surface area contributed by atoms with Crippen molar-refractivity contribution >= 4 is 33.8 Å². The van der Waals surface area contributed by atoms with Crippen molar-refractivity contribution in [3.05, 3.63) is 40.8 Å². The van der Waals surface area contributed by atoms with Gasteiger partial charge in [-0.25, -0.2) is 9.78 Å². The average Bonchev–Trinajstić information content (AvgIpc) is 2.93. The molecule has 1 amide bonds. The zero-order valence-corrected chi connectivity index (χ0v) is 17.5. The molecule has 1 aromatic carbocycles. The van der Waals surface area contributed by atoms with Gasteiger partial charge in [0.15, 0.2) is 0 Å². The molecule has 0 radical (unpaired) electrons. The number of hydrogen-bond donors (Lipinski definition) is 1. The molecule has 5 nitrogen and oxygen atoms in total. The minimum Gasteiger partial charge on any atom is -0.444 e. The van der Waals surface area contributed by atoms with E-state index in [1.807, 2.05) is 44.0 Å². The summed E-state index contributed by atoms with van der Waals surface area (Å²) in [6.07, 6.45) is 3.64. The molecule has 0 saturated carbocycles. The van der Waals surface area contributed by atoms with Crippen LogP contribution < -0.4 is 0 Å². The van der Waals surface area contributed by atoms with Crippen LogP contribution in [-0.2, 0) is 4.74 Å². The standard InChI is InChI=1S/C19H22BrN3O2S/c1-18(2,3)25-17(24)23-10-4-9-19(23)15(26-19)16-21-11-14(22-16)12-5-7-13(20)8-6-12/h5-8,11,15H,4,9-10H2,1-3H3,(H,21,22)/t15?,19-/m1/s1. The van der Waals surface area contributed by atoms with Crippen LogP contribution in [0.3, 0.4) is 0 Å². The predicted molar refractivity (Wildman–Crippen MR) is 107 cm³/mol. The molecule has 0 bridgehead atoms. The van der Waals surface area contributed by atoms with E-state index in [9.17, 15) is 4.79 Å². The number of carbonyl (C=O) groups is 1. The van der Waals surface area contributed by atoms with E-state index in [1.165, 1.54) is 0 Å². The second-order valence-electron chi connectivity index (χ2n) is 7.77. The number of benzene rings is 1. The first-order chi connectivity index (χ1) is 12.3. The number of hydrogen-bond acceptors (Lipinski definition) is 4. The van der Waals surface area contributed by atoms with Gasteiger partial charge in [-0.05, 0) is 51.3 Å². The Balaban J connectivity index is 1.52. The minimum absolute atomic E-state index is 0.182. The number of aromatic nitrogens is 2. The number of aromatic amines is 1. The van der Waals surface area contributed by atoms with Gasteiger partial charge in [0.25, 0.3) is 0 Å². The molecule has 0 aliphatic carbocycles. The number of imidazole rings is 1. The van der Waals surface area contributed by atoms with Gasteiger partial charge < -0.3 is 9.72 Å². The highest BCUT2D eigenvalue weighted by atomic mass is 79.9. The number of H-pyrrole nitrogens is 1. The molecule has 3 heterocycles. The second kappa shape index (κ2) is 6.30. The zero-order chi connectivity index (χ0) is 18.5. The van der Waals surface area contributed by atoms with Gasteiger partial charge in [0.2, 0.25) is 0 Å². The number of thioether (sulfide) groups is 1. The third-order valence-electron chi connectivity index (χ3n) is 4.66. The van der Waals surface area contributed by atoms with Crippen molar-refractivity contribution in [2.75, 3.05) is 6.54 Å². The molecule has 2 aliphatic rings. The highest BCUT2D eigenvalue weighted by Gasteiger charge is 2.65. The maximum Gasteiger partial charge on any atom is 0.411 e. The van der Waals surface area contributed by atoms with E-state index in [-0.39, 0.29) is 16.2 Å². The maximum absolute atomic E-state index is 12.6. The summed E-state index contributed by atoms with van der Waals surface area (Å²) in [5.41, 5.74) is 1.62. The lowest BCUT2D eigenvalue weighted by Gasteiger charge is -2.28. The number of amides is 1. The normalized spacial score (nSPS) is 24.9. The van der Waals surface area contributed by atoms with Crippen molar-refractivity contribution in [3.8, 4) is 11.3 Å². The zero-order valence-electron chi connectivity index (χ0n) is 15.1. The maximum atomic E-state index is 12.6. The van der Waals surface area contributed by atoms with Crippen LogP contribution in [0.5, 0.6) is 0 Å². The van der Waals surface area contributed by atoms with E-state index in [4.69, 9.17) is 4.74 Å². The Labute approximate surface area is 166 Å². The lowest BCUT2D eigenvalue weighted by atomic mass is 10.1. The Morgan fingerprint density at radius 3 is 2.81 bits per heavy atom. The smallest absolute Gasteiger partial charge is 0.411 e. The van der Waals surface area contributed by atoms with Crippen LogP contribution in [0.4, 0.5) is 4.79 Å². The fraction of sp³-hybridized carbons (Fsp3) is 0.474. The summed E-state index contributed by atoms with van der Waals surface area (Å²) < 4.78 is 6.66. The Kier molecular flexibility index (Phi) is 4.34. The third kappa shape index (κ3) is 3.27. The molecule has 2 saturated heterocycles. The quantitative estimate of drug-likeness (QED) is 0.645. The van der Waals surface area contributed by atoms with Crippen LogP contribution in [-0.4, -0.2) is 38.0 Å². The van der Waals surface area contributed by atoms with Crippen molar-refractivity contribution in [2.24, 2.45) is 0 Å². The number of likely N-dealkylation sites (tertiary alicyclic amines) is 1. The molecule has 138 valence electrons. The number of ether oxygens (including phenoxy) is 1. The van der Waals surface area contributed by atoms with Crippen LogP contribution in [0.2, 0.25) is 0 Å². The molecule has 26 heavy (non-hydrogen) atoms. The predicted octanol–water partition coefficient (Wildman–Crippen LogP) is 5.35. The summed E-state index contributed by atoms with van der Waals surface area (Å²) in [5, 5.41) is 0.182. The second-order valence-corrected chi connectivity index (χ2v) is 10.1. The molecule has 1 N–H and O–H groups in total. The fourth-order valence-corrected chi connectivity index (χ4v) is 5.21. The van der Waals surface area contributed by atoms with E-state index in [1.54, 1.807) is 11.8 Å². The van der Waals surface area contributed by atoms with Gasteiger partial charge in [0.1, 0.15) is 16.3 Å². The first kappa shape index (κ1) is 17.9. The highest BCUT2D eigenvalue weighted by Crippen LogP contribution is 2.70. The average molecular weight is 436 g/mol. The molecule has 2 atom stereocenters. The number of halogens is 1. The van der Waals surface area contributed by atoms with Gasteiger partial charge in [-0.2, -0.15) is 0 Å². The summed E-state index contributed by atoms with van der Waals surface area (Å²) in [6, 6.07) is 8.15. The van der Waals surface area contributed by atoms with Crippen molar-refractivity contribution in [1.29, 1.82) is 0 Å². The van der Waals surface area contributed by atoms with Gasteiger partial charge in [-0.15, -0.1) is 11.8 Å². The van der Waals surface area contributed by atoms with Gasteiger partial charge >= 0.3 is 6.09 Å². The van der Waals surface area contributed by atoms with E-state index < -0.39 is 5.60 Å². The van der Waals surface area contributed by atoms with Crippen LogP contribution in [0, 0.1) is 0 Å². The molecule has 2 aromatic rings. The van der Waals surface area contributed by atoms with Crippen LogP contribution in [0.25, 0.3) is 11.3 Å². The molecule has 2 aliphatic heterocycles. The first-order valence-corrected chi connectivity index (χ1v) is 10.5.